The zero-order valence-corrected chi connectivity index (χ0v) is 10.2. The number of carbonyl (C=O) groups excluding carboxylic acids is 1. The topological polar surface area (TPSA) is 57.8 Å². The van der Waals surface area contributed by atoms with Crippen molar-refractivity contribution < 1.29 is 4.79 Å². The van der Waals surface area contributed by atoms with E-state index in [0.29, 0.717) is 15.7 Å². The summed E-state index contributed by atoms with van der Waals surface area (Å²) >= 11 is 11.6. The lowest BCUT2D eigenvalue weighted by molar-refractivity contribution is -0.115. The fourth-order valence-corrected chi connectivity index (χ4v) is 1.63. The number of amides is 1. The number of benzene rings is 1. The second-order valence-electron chi connectivity index (χ2n) is 3.44. The third-order valence-corrected chi connectivity index (χ3v) is 2.85. The molecule has 0 saturated carbocycles. The van der Waals surface area contributed by atoms with Gasteiger partial charge in [0, 0.05) is 17.6 Å². The highest BCUT2D eigenvalue weighted by Gasteiger charge is 2.06. The quantitative estimate of drug-likeness (QED) is 0.900. The van der Waals surface area contributed by atoms with E-state index in [-0.39, 0.29) is 12.3 Å². The number of anilines is 1. The summed E-state index contributed by atoms with van der Waals surface area (Å²) in [5.74, 6) is -0.146. The first kappa shape index (κ1) is 12.0. The molecule has 2 N–H and O–H groups in total. The number of aromatic nitrogens is 2. The molecule has 0 saturated heterocycles. The van der Waals surface area contributed by atoms with Gasteiger partial charge in [-0.15, -0.1) is 0 Å². The van der Waals surface area contributed by atoms with Crippen LogP contribution in [0.1, 0.15) is 5.69 Å². The van der Waals surface area contributed by atoms with Crippen LogP contribution in [0.4, 0.5) is 5.69 Å². The number of nitrogens with zero attached hydrogens (tertiary/aromatic N) is 1. The van der Waals surface area contributed by atoms with Gasteiger partial charge in [-0.25, -0.2) is 0 Å². The molecule has 0 atom stereocenters. The lowest BCUT2D eigenvalue weighted by Gasteiger charge is -2.05. The van der Waals surface area contributed by atoms with Crippen molar-refractivity contribution >= 4 is 34.8 Å². The molecular formula is C11H9Cl2N3O. The lowest BCUT2D eigenvalue weighted by Crippen LogP contribution is -2.14. The highest BCUT2D eigenvalue weighted by molar-refractivity contribution is 6.42. The largest absolute Gasteiger partial charge is 0.326 e. The van der Waals surface area contributed by atoms with Gasteiger partial charge in [-0.2, -0.15) is 5.10 Å². The van der Waals surface area contributed by atoms with Gasteiger partial charge in [-0.1, -0.05) is 23.2 Å². The van der Waals surface area contributed by atoms with Crippen molar-refractivity contribution in [1.29, 1.82) is 0 Å². The molecule has 6 heteroatoms. The monoisotopic (exact) mass is 269 g/mol. The summed E-state index contributed by atoms with van der Waals surface area (Å²) < 4.78 is 0. The van der Waals surface area contributed by atoms with Gasteiger partial charge >= 0.3 is 0 Å². The van der Waals surface area contributed by atoms with E-state index >= 15 is 0 Å². The maximum absolute atomic E-state index is 11.6. The van der Waals surface area contributed by atoms with Crippen LogP contribution in [0.3, 0.4) is 0 Å². The number of hydrogen-bond donors (Lipinski definition) is 2. The molecule has 0 aliphatic rings. The Balaban J connectivity index is 2.00. The van der Waals surface area contributed by atoms with Gasteiger partial charge < -0.3 is 5.32 Å². The van der Waals surface area contributed by atoms with Crippen molar-refractivity contribution in [2.24, 2.45) is 0 Å². The molecule has 4 nitrogen and oxygen atoms in total. The van der Waals surface area contributed by atoms with Crippen LogP contribution in [0.5, 0.6) is 0 Å². The zero-order valence-electron chi connectivity index (χ0n) is 8.71. The number of halogens is 2. The second-order valence-corrected chi connectivity index (χ2v) is 4.25. The first-order valence-electron chi connectivity index (χ1n) is 4.88. The standard InChI is InChI=1S/C11H9Cl2N3O/c12-9-2-1-7(5-10(9)13)15-11(17)6-8-3-4-14-16-8/h1-5H,6H2,(H,14,16)(H,15,17). The van der Waals surface area contributed by atoms with Crippen LogP contribution in [0.15, 0.2) is 30.5 Å². The van der Waals surface area contributed by atoms with Gasteiger partial charge in [0.2, 0.25) is 5.91 Å². The van der Waals surface area contributed by atoms with Crippen LogP contribution in [0.2, 0.25) is 10.0 Å². The van der Waals surface area contributed by atoms with Crippen molar-refractivity contribution in [3.63, 3.8) is 0 Å². The van der Waals surface area contributed by atoms with E-state index < -0.39 is 0 Å². The van der Waals surface area contributed by atoms with Crippen LogP contribution < -0.4 is 5.32 Å². The third kappa shape index (κ3) is 3.22. The van der Waals surface area contributed by atoms with Crippen LogP contribution in [0.25, 0.3) is 0 Å². The summed E-state index contributed by atoms with van der Waals surface area (Å²) in [7, 11) is 0. The van der Waals surface area contributed by atoms with Crippen molar-refractivity contribution in [3.05, 3.63) is 46.2 Å². The molecule has 2 aromatic rings. The van der Waals surface area contributed by atoms with Crippen molar-refractivity contribution in [1.82, 2.24) is 10.2 Å². The average molecular weight is 270 g/mol. The molecule has 88 valence electrons. The SMILES string of the molecule is O=C(Cc1ccn[nH]1)Nc1ccc(Cl)c(Cl)c1. The molecule has 0 fully saturated rings. The number of aromatic amines is 1. The smallest absolute Gasteiger partial charge is 0.230 e. The Kier molecular flexibility index (Phi) is 3.66. The van der Waals surface area contributed by atoms with E-state index in [1.54, 1.807) is 30.5 Å². The highest BCUT2D eigenvalue weighted by atomic mass is 35.5. The molecule has 1 aromatic carbocycles. The summed E-state index contributed by atoms with van der Waals surface area (Å²) in [6.07, 6.45) is 1.84. The summed E-state index contributed by atoms with van der Waals surface area (Å²) in [5, 5.41) is 10.1. The van der Waals surface area contributed by atoms with Crippen LogP contribution in [-0.4, -0.2) is 16.1 Å². The molecule has 0 bridgehead atoms. The van der Waals surface area contributed by atoms with Gasteiger partial charge in [0.05, 0.1) is 16.5 Å². The Bertz CT molecular complexity index is 526. The van der Waals surface area contributed by atoms with E-state index in [2.05, 4.69) is 15.5 Å². The summed E-state index contributed by atoms with van der Waals surface area (Å²) in [5.41, 5.74) is 1.37. The summed E-state index contributed by atoms with van der Waals surface area (Å²) in [4.78, 5) is 11.6. The van der Waals surface area contributed by atoms with E-state index in [1.165, 1.54) is 0 Å². The predicted octanol–water partition coefficient (Wildman–Crippen LogP) is 2.90. The average Bonchev–Trinajstić information content (AvgIpc) is 2.76. The zero-order chi connectivity index (χ0) is 12.3. The molecule has 0 aliphatic heterocycles. The Hall–Kier alpha value is -1.52. The third-order valence-electron chi connectivity index (χ3n) is 2.11. The first-order chi connectivity index (χ1) is 8.15. The molecule has 0 spiro atoms. The van der Waals surface area contributed by atoms with E-state index in [9.17, 15) is 4.79 Å². The molecule has 0 aliphatic carbocycles. The lowest BCUT2D eigenvalue weighted by atomic mass is 10.2. The Morgan fingerprint density at radius 1 is 1.29 bits per heavy atom. The molecule has 0 radical (unpaired) electrons. The van der Waals surface area contributed by atoms with Crippen molar-refractivity contribution in [3.8, 4) is 0 Å². The molecule has 0 unspecified atom stereocenters. The van der Waals surface area contributed by atoms with E-state index in [4.69, 9.17) is 23.2 Å². The predicted molar refractivity (Wildman–Crippen MR) is 67.4 cm³/mol. The second kappa shape index (κ2) is 5.21. The fourth-order valence-electron chi connectivity index (χ4n) is 1.34. The van der Waals surface area contributed by atoms with Crippen LogP contribution in [0, 0.1) is 0 Å². The summed E-state index contributed by atoms with van der Waals surface area (Å²) in [6.45, 7) is 0. The van der Waals surface area contributed by atoms with Gasteiger partial charge in [0.1, 0.15) is 0 Å². The molecule has 1 aromatic heterocycles. The first-order valence-corrected chi connectivity index (χ1v) is 5.64. The molecule has 17 heavy (non-hydrogen) atoms. The Morgan fingerprint density at radius 2 is 2.12 bits per heavy atom. The fraction of sp³-hybridized carbons (Fsp3) is 0.0909. The number of hydrogen-bond acceptors (Lipinski definition) is 2. The van der Waals surface area contributed by atoms with Gasteiger partial charge in [-0.3, -0.25) is 9.89 Å². The minimum atomic E-state index is -0.146. The number of nitrogens with one attached hydrogen (secondary N) is 2. The maximum Gasteiger partial charge on any atom is 0.230 e. The van der Waals surface area contributed by atoms with Crippen LogP contribution in [-0.2, 0) is 11.2 Å². The van der Waals surface area contributed by atoms with Crippen LogP contribution >= 0.6 is 23.2 Å². The van der Waals surface area contributed by atoms with Gasteiger partial charge in [0.25, 0.3) is 0 Å². The van der Waals surface area contributed by atoms with E-state index in [0.717, 1.165) is 5.69 Å². The van der Waals surface area contributed by atoms with Gasteiger partial charge in [-0.05, 0) is 24.3 Å². The minimum Gasteiger partial charge on any atom is -0.326 e. The molecule has 2 rings (SSSR count). The molecular weight excluding hydrogens is 261 g/mol. The van der Waals surface area contributed by atoms with E-state index in [1.807, 2.05) is 0 Å². The normalized spacial score (nSPS) is 10.2. The van der Waals surface area contributed by atoms with Gasteiger partial charge in [0.15, 0.2) is 0 Å². The summed E-state index contributed by atoms with van der Waals surface area (Å²) in [6, 6.07) is 6.68. The molecule has 1 amide bonds. The Labute approximate surface area is 108 Å². The van der Waals surface area contributed by atoms with Crippen molar-refractivity contribution in [2.75, 3.05) is 5.32 Å². The number of rotatable bonds is 3. The Morgan fingerprint density at radius 3 is 2.76 bits per heavy atom. The highest BCUT2D eigenvalue weighted by Crippen LogP contribution is 2.24. The number of H-pyrrole nitrogens is 1. The van der Waals surface area contributed by atoms with Crippen molar-refractivity contribution in [2.45, 2.75) is 6.42 Å². The molecule has 1 heterocycles. The maximum atomic E-state index is 11.6. The number of carbonyl (C=O) groups is 1. The minimum absolute atomic E-state index is 0.146.